The number of carboxylic acid groups (broad SMARTS) is 1. The molecule has 9 heteroatoms. The van der Waals surface area contributed by atoms with E-state index in [0.717, 1.165) is 38.5 Å². The minimum atomic E-state index is -1.50. The van der Waals surface area contributed by atoms with Gasteiger partial charge in [0.05, 0.1) is 34.4 Å². The van der Waals surface area contributed by atoms with Crippen molar-refractivity contribution >= 4 is 17.9 Å². The number of hydrogen-bond acceptors (Lipinski definition) is 7. The number of esters is 2. The molecule has 0 amide bonds. The van der Waals surface area contributed by atoms with E-state index in [-0.39, 0.29) is 38.2 Å². The molecule has 0 aliphatic rings. The molecular formula is C66H130NO8+. The number of rotatable bonds is 63. The zero-order valence-electron chi connectivity index (χ0n) is 51.0. The van der Waals surface area contributed by atoms with Gasteiger partial charge in [-0.3, -0.25) is 9.59 Å². The minimum absolute atomic E-state index is 0.172. The Morgan fingerprint density at radius 2 is 0.600 bits per heavy atom. The highest BCUT2D eigenvalue weighted by Crippen LogP contribution is 2.19. The highest BCUT2D eigenvalue weighted by Gasteiger charge is 2.25. The van der Waals surface area contributed by atoms with E-state index in [1.165, 1.54) is 283 Å². The normalized spacial score (nSPS) is 12.6. The first kappa shape index (κ1) is 73.3. The Hall–Kier alpha value is -1.71. The molecule has 0 aromatic rings. The second-order valence-electron chi connectivity index (χ2n) is 24.2. The summed E-state index contributed by atoms with van der Waals surface area (Å²) in [5.41, 5.74) is 0. The molecule has 0 fully saturated rings. The molecule has 0 radical (unpaired) electrons. The Bertz CT molecular complexity index is 1190. The number of nitrogens with zero attached hydrogens (tertiary/aromatic N) is 1. The van der Waals surface area contributed by atoms with Crippen LogP contribution < -0.4 is 0 Å². The summed E-state index contributed by atoms with van der Waals surface area (Å²) in [7, 11) is 5.99. The molecule has 446 valence electrons. The fourth-order valence-corrected chi connectivity index (χ4v) is 10.3. The van der Waals surface area contributed by atoms with Crippen molar-refractivity contribution in [3.05, 3.63) is 0 Å². The molecule has 0 bridgehead atoms. The van der Waals surface area contributed by atoms with Gasteiger partial charge in [0.25, 0.3) is 6.29 Å². The number of ether oxygens (including phenoxy) is 4. The lowest BCUT2D eigenvalue weighted by atomic mass is 10.0. The second-order valence-corrected chi connectivity index (χ2v) is 24.2. The van der Waals surface area contributed by atoms with E-state index in [1.807, 2.05) is 21.1 Å². The number of carbonyl (C=O) groups excluding carboxylic acids is 2. The molecule has 0 aliphatic carbocycles. The number of carboxylic acids is 1. The van der Waals surface area contributed by atoms with Crippen molar-refractivity contribution in [2.45, 2.75) is 360 Å². The number of quaternary nitrogens is 1. The molecule has 9 nitrogen and oxygen atoms in total. The van der Waals surface area contributed by atoms with Crippen LogP contribution in [-0.4, -0.2) is 87.4 Å². The summed E-state index contributed by atoms with van der Waals surface area (Å²) in [6.45, 7) is 4.96. The minimum Gasteiger partial charge on any atom is -0.477 e. The monoisotopic (exact) mass is 1060 g/mol. The van der Waals surface area contributed by atoms with E-state index >= 15 is 0 Å². The van der Waals surface area contributed by atoms with E-state index in [2.05, 4.69) is 13.8 Å². The molecule has 0 saturated heterocycles. The first-order chi connectivity index (χ1) is 36.6. The number of unbranched alkanes of at least 4 members (excludes halogenated alkanes) is 48. The molecule has 1 N–H and O–H groups in total. The summed E-state index contributed by atoms with van der Waals surface area (Å²) in [4.78, 5) is 37.5. The molecule has 0 spiro atoms. The maximum absolute atomic E-state index is 12.9. The number of aliphatic carboxylic acids is 1. The summed E-state index contributed by atoms with van der Waals surface area (Å²) < 4.78 is 23.0. The molecule has 75 heavy (non-hydrogen) atoms. The lowest BCUT2D eigenvalue weighted by Crippen LogP contribution is -2.40. The summed E-state index contributed by atoms with van der Waals surface area (Å²) in [6.07, 6.45) is 65.0. The zero-order valence-corrected chi connectivity index (χ0v) is 51.0. The van der Waals surface area contributed by atoms with E-state index < -0.39 is 18.4 Å². The van der Waals surface area contributed by atoms with Crippen LogP contribution in [0.2, 0.25) is 0 Å². The molecule has 0 aromatic heterocycles. The molecule has 2 atom stereocenters. The highest BCUT2D eigenvalue weighted by molar-refractivity contribution is 5.71. The Kier molecular flexibility index (Phi) is 57.1. The molecule has 0 aromatic carbocycles. The first-order valence-corrected chi connectivity index (χ1v) is 33.2. The standard InChI is InChI=1S/C66H129NO8/c1-6-8-10-12-14-16-18-20-22-24-26-27-28-29-30-31-32-33-34-35-36-37-39-41-43-45-47-49-51-53-55-57-64(69)75-62(61-74-66(65(70)71)72-59-58-67(3,4)5)60-73-63(68)56-54-52-50-48-46-44-42-40-38-25-23-21-19-17-15-13-11-9-7-2/h62,66H,6-61H2,1-5H3/p+1. The Morgan fingerprint density at radius 1 is 0.347 bits per heavy atom. The van der Waals surface area contributed by atoms with Gasteiger partial charge in [0.15, 0.2) is 6.10 Å². The maximum Gasteiger partial charge on any atom is 0.361 e. The number of likely N-dealkylation sites (N-methyl/N-ethyl adjacent to an activating group) is 1. The fraction of sp³-hybridized carbons (Fsp3) is 0.955. The molecule has 0 heterocycles. The van der Waals surface area contributed by atoms with Crippen LogP contribution in [0.1, 0.15) is 348 Å². The quantitative estimate of drug-likeness (QED) is 0.0278. The number of carbonyl (C=O) groups is 3. The van der Waals surface area contributed by atoms with Crippen LogP contribution in [0.4, 0.5) is 0 Å². The molecular weight excluding hydrogens is 935 g/mol. The van der Waals surface area contributed by atoms with E-state index in [9.17, 15) is 19.5 Å². The second kappa shape index (κ2) is 58.4. The first-order valence-electron chi connectivity index (χ1n) is 33.2. The van der Waals surface area contributed by atoms with Gasteiger partial charge in [-0.1, -0.05) is 322 Å². The van der Waals surface area contributed by atoms with E-state index in [0.29, 0.717) is 17.4 Å². The molecule has 0 rings (SSSR count). The topological polar surface area (TPSA) is 108 Å². The fourth-order valence-electron chi connectivity index (χ4n) is 10.3. The summed E-state index contributed by atoms with van der Waals surface area (Å²) in [5.74, 6) is -1.97. The largest absolute Gasteiger partial charge is 0.477 e. The Labute approximate surface area is 466 Å². The van der Waals surface area contributed by atoms with Gasteiger partial charge in [-0.05, 0) is 12.8 Å². The molecule has 0 saturated carbocycles. The van der Waals surface area contributed by atoms with Gasteiger partial charge in [-0.15, -0.1) is 0 Å². The van der Waals surface area contributed by atoms with Crippen molar-refractivity contribution in [1.29, 1.82) is 0 Å². The Morgan fingerprint density at radius 3 is 0.853 bits per heavy atom. The maximum atomic E-state index is 12.9. The lowest BCUT2D eigenvalue weighted by molar-refractivity contribution is -0.870. The average Bonchev–Trinajstić information content (AvgIpc) is 3.38. The van der Waals surface area contributed by atoms with E-state index in [4.69, 9.17) is 18.9 Å². The van der Waals surface area contributed by atoms with Crippen molar-refractivity contribution in [3.8, 4) is 0 Å². The number of hydrogen-bond donors (Lipinski definition) is 1. The van der Waals surface area contributed by atoms with Crippen molar-refractivity contribution in [2.75, 3.05) is 47.5 Å². The molecule has 0 aliphatic heterocycles. The van der Waals surface area contributed by atoms with Crippen molar-refractivity contribution in [2.24, 2.45) is 0 Å². The van der Waals surface area contributed by atoms with Crippen molar-refractivity contribution in [1.82, 2.24) is 0 Å². The van der Waals surface area contributed by atoms with Crippen molar-refractivity contribution in [3.63, 3.8) is 0 Å². The van der Waals surface area contributed by atoms with Gasteiger partial charge in [-0.25, -0.2) is 4.79 Å². The highest BCUT2D eigenvalue weighted by atomic mass is 16.7. The summed E-state index contributed by atoms with van der Waals surface area (Å²) in [6, 6.07) is 0. The van der Waals surface area contributed by atoms with Gasteiger partial charge >= 0.3 is 17.9 Å². The predicted octanol–water partition coefficient (Wildman–Crippen LogP) is 19.9. The van der Waals surface area contributed by atoms with Crippen LogP contribution in [0.3, 0.4) is 0 Å². The summed E-state index contributed by atoms with van der Waals surface area (Å²) in [5, 5.41) is 9.72. The van der Waals surface area contributed by atoms with Gasteiger partial charge in [0.1, 0.15) is 13.2 Å². The van der Waals surface area contributed by atoms with Crippen LogP contribution in [0, 0.1) is 0 Å². The van der Waals surface area contributed by atoms with E-state index in [1.54, 1.807) is 0 Å². The van der Waals surface area contributed by atoms with Crippen LogP contribution in [0.5, 0.6) is 0 Å². The van der Waals surface area contributed by atoms with Crippen LogP contribution >= 0.6 is 0 Å². The smallest absolute Gasteiger partial charge is 0.361 e. The van der Waals surface area contributed by atoms with Crippen LogP contribution in [-0.2, 0) is 33.3 Å². The van der Waals surface area contributed by atoms with Crippen molar-refractivity contribution < 1.29 is 42.9 Å². The summed E-state index contributed by atoms with van der Waals surface area (Å²) >= 11 is 0. The average molecular weight is 1070 g/mol. The van der Waals surface area contributed by atoms with Gasteiger partial charge < -0.3 is 28.5 Å². The lowest BCUT2D eigenvalue weighted by Gasteiger charge is -2.25. The molecule has 2 unspecified atom stereocenters. The third-order valence-corrected chi connectivity index (χ3v) is 15.4. The SMILES string of the molecule is CCCCCCCCCCCCCCCCCCCCCCCCCCCCCCCCCC(=O)OC(COC(=O)CCCCCCCCCCCCCCCCCCCCC)COC(OCC[N+](C)(C)C)C(=O)O. The third kappa shape index (κ3) is 59.8. The zero-order chi connectivity index (χ0) is 54.8. The Balaban J connectivity index is 4.04. The third-order valence-electron chi connectivity index (χ3n) is 15.4. The predicted molar refractivity (Wildman–Crippen MR) is 318 cm³/mol. The van der Waals surface area contributed by atoms with Gasteiger partial charge in [0.2, 0.25) is 0 Å². The van der Waals surface area contributed by atoms with Gasteiger partial charge in [-0.2, -0.15) is 0 Å². The van der Waals surface area contributed by atoms with Crippen LogP contribution in [0.25, 0.3) is 0 Å². The van der Waals surface area contributed by atoms with Crippen LogP contribution in [0.15, 0.2) is 0 Å². The van der Waals surface area contributed by atoms with Gasteiger partial charge in [0, 0.05) is 12.8 Å².